The van der Waals surface area contributed by atoms with E-state index in [0.29, 0.717) is 13.0 Å². The predicted molar refractivity (Wildman–Crippen MR) is 44.4 cm³/mol. The number of rotatable bonds is 5. The van der Waals surface area contributed by atoms with E-state index in [2.05, 4.69) is 5.32 Å². The summed E-state index contributed by atoms with van der Waals surface area (Å²) in [6.07, 6.45) is 1.45. The van der Waals surface area contributed by atoms with Crippen molar-refractivity contribution in [2.75, 3.05) is 13.7 Å². The summed E-state index contributed by atoms with van der Waals surface area (Å²) in [5.74, 6) is 0.0466. The van der Waals surface area contributed by atoms with Crippen molar-refractivity contribution in [2.45, 2.75) is 32.8 Å². The van der Waals surface area contributed by atoms with Crippen LogP contribution in [0, 0.1) is 0 Å². The molecule has 0 aliphatic heterocycles. The standard InChI is InChI=1S/C8H17NO2/c1-4-7(11-5-2)6-8(10)9-3/h7H,4-6H2,1-3H3,(H,9,10). The van der Waals surface area contributed by atoms with Crippen molar-refractivity contribution >= 4 is 5.91 Å². The maximum absolute atomic E-state index is 10.9. The lowest BCUT2D eigenvalue weighted by Gasteiger charge is -2.12. The number of hydrogen-bond acceptors (Lipinski definition) is 2. The molecule has 0 aromatic carbocycles. The number of carbonyl (C=O) groups excluding carboxylic acids is 1. The fourth-order valence-electron chi connectivity index (χ4n) is 0.866. The molecule has 0 aliphatic carbocycles. The Labute approximate surface area is 68.1 Å². The van der Waals surface area contributed by atoms with Gasteiger partial charge in [0.2, 0.25) is 5.91 Å². The SMILES string of the molecule is CCOC(CC)CC(=O)NC. The fraction of sp³-hybridized carbons (Fsp3) is 0.875. The predicted octanol–water partition coefficient (Wildman–Crippen LogP) is 0.938. The average molecular weight is 159 g/mol. The molecule has 1 amide bonds. The van der Waals surface area contributed by atoms with Gasteiger partial charge in [0, 0.05) is 13.7 Å². The Morgan fingerprint density at radius 3 is 2.55 bits per heavy atom. The van der Waals surface area contributed by atoms with Crippen LogP contribution in [0.15, 0.2) is 0 Å². The molecule has 0 heterocycles. The van der Waals surface area contributed by atoms with Gasteiger partial charge in [0.05, 0.1) is 12.5 Å². The molecule has 0 aromatic heterocycles. The maximum Gasteiger partial charge on any atom is 0.222 e. The van der Waals surface area contributed by atoms with Crippen LogP contribution in [0.2, 0.25) is 0 Å². The Kier molecular flexibility index (Phi) is 5.84. The third kappa shape index (κ3) is 4.79. The van der Waals surface area contributed by atoms with Gasteiger partial charge in [-0.1, -0.05) is 6.92 Å². The van der Waals surface area contributed by atoms with Crippen LogP contribution in [0.5, 0.6) is 0 Å². The van der Waals surface area contributed by atoms with Crippen molar-refractivity contribution in [1.82, 2.24) is 5.32 Å². The van der Waals surface area contributed by atoms with Gasteiger partial charge in [0.25, 0.3) is 0 Å². The topological polar surface area (TPSA) is 38.3 Å². The highest BCUT2D eigenvalue weighted by Crippen LogP contribution is 2.02. The Balaban J connectivity index is 3.58. The summed E-state index contributed by atoms with van der Waals surface area (Å²) in [5.41, 5.74) is 0. The summed E-state index contributed by atoms with van der Waals surface area (Å²) >= 11 is 0. The zero-order valence-corrected chi connectivity index (χ0v) is 7.52. The van der Waals surface area contributed by atoms with Crippen LogP contribution in [0.4, 0.5) is 0 Å². The van der Waals surface area contributed by atoms with Crippen LogP contribution < -0.4 is 5.32 Å². The number of carbonyl (C=O) groups is 1. The molecule has 0 radical (unpaired) electrons. The van der Waals surface area contributed by atoms with Gasteiger partial charge in [-0.15, -0.1) is 0 Å². The van der Waals surface area contributed by atoms with Gasteiger partial charge in [0.15, 0.2) is 0 Å². The molecule has 1 atom stereocenters. The van der Waals surface area contributed by atoms with E-state index >= 15 is 0 Å². The van der Waals surface area contributed by atoms with E-state index in [9.17, 15) is 4.79 Å². The van der Waals surface area contributed by atoms with Crippen molar-refractivity contribution in [3.63, 3.8) is 0 Å². The zero-order valence-electron chi connectivity index (χ0n) is 7.52. The van der Waals surface area contributed by atoms with Crippen molar-refractivity contribution < 1.29 is 9.53 Å². The maximum atomic E-state index is 10.9. The molecule has 66 valence electrons. The van der Waals surface area contributed by atoms with E-state index in [0.717, 1.165) is 6.42 Å². The fourth-order valence-corrected chi connectivity index (χ4v) is 0.866. The molecule has 0 saturated carbocycles. The van der Waals surface area contributed by atoms with Gasteiger partial charge in [-0.25, -0.2) is 0 Å². The Bertz CT molecular complexity index is 115. The lowest BCUT2D eigenvalue weighted by Crippen LogP contribution is -2.25. The molecule has 0 spiro atoms. The first-order chi connectivity index (χ1) is 5.24. The minimum Gasteiger partial charge on any atom is -0.378 e. The number of nitrogens with one attached hydrogen (secondary N) is 1. The van der Waals surface area contributed by atoms with Crippen molar-refractivity contribution in [3.05, 3.63) is 0 Å². The van der Waals surface area contributed by atoms with Crippen LogP contribution in [0.1, 0.15) is 26.7 Å². The monoisotopic (exact) mass is 159 g/mol. The van der Waals surface area contributed by atoms with E-state index in [1.165, 1.54) is 0 Å². The molecule has 0 aromatic rings. The van der Waals surface area contributed by atoms with Gasteiger partial charge >= 0.3 is 0 Å². The molecular formula is C8H17NO2. The van der Waals surface area contributed by atoms with Gasteiger partial charge in [-0.2, -0.15) is 0 Å². The van der Waals surface area contributed by atoms with E-state index in [1.54, 1.807) is 7.05 Å². The lowest BCUT2D eigenvalue weighted by molar-refractivity contribution is -0.123. The average Bonchev–Trinajstić information content (AvgIpc) is 2.03. The molecule has 0 saturated heterocycles. The molecule has 0 rings (SSSR count). The van der Waals surface area contributed by atoms with Crippen molar-refractivity contribution in [2.24, 2.45) is 0 Å². The van der Waals surface area contributed by atoms with Gasteiger partial charge in [-0.05, 0) is 13.3 Å². The molecule has 1 N–H and O–H groups in total. The quantitative estimate of drug-likeness (QED) is 0.648. The summed E-state index contributed by atoms with van der Waals surface area (Å²) in [5, 5.41) is 2.57. The molecule has 0 fully saturated rings. The van der Waals surface area contributed by atoms with Gasteiger partial charge in [0.1, 0.15) is 0 Å². The smallest absolute Gasteiger partial charge is 0.222 e. The van der Waals surface area contributed by atoms with Crippen LogP contribution in [0.25, 0.3) is 0 Å². The lowest BCUT2D eigenvalue weighted by atomic mass is 10.2. The molecule has 1 unspecified atom stereocenters. The Hall–Kier alpha value is -0.570. The highest BCUT2D eigenvalue weighted by Gasteiger charge is 2.09. The largest absolute Gasteiger partial charge is 0.378 e. The minimum atomic E-state index is 0.0466. The van der Waals surface area contributed by atoms with Crippen LogP contribution in [-0.2, 0) is 9.53 Å². The van der Waals surface area contributed by atoms with E-state index in [4.69, 9.17) is 4.74 Å². The highest BCUT2D eigenvalue weighted by molar-refractivity contribution is 5.75. The van der Waals surface area contributed by atoms with E-state index < -0.39 is 0 Å². The molecule has 11 heavy (non-hydrogen) atoms. The minimum absolute atomic E-state index is 0.0466. The number of amides is 1. The molecule has 0 bridgehead atoms. The third-order valence-electron chi connectivity index (χ3n) is 1.55. The normalized spacial score (nSPS) is 12.6. The van der Waals surface area contributed by atoms with Gasteiger partial charge < -0.3 is 10.1 Å². The second kappa shape index (κ2) is 6.16. The molecule has 0 aliphatic rings. The van der Waals surface area contributed by atoms with Crippen LogP contribution >= 0.6 is 0 Å². The van der Waals surface area contributed by atoms with E-state index in [1.807, 2.05) is 13.8 Å². The second-order valence-electron chi connectivity index (χ2n) is 2.36. The van der Waals surface area contributed by atoms with Crippen LogP contribution in [0.3, 0.4) is 0 Å². The summed E-state index contributed by atoms with van der Waals surface area (Å²) in [6, 6.07) is 0. The Morgan fingerprint density at radius 2 is 2.18 bits per heavy atom. The van der Waals surface area contributed by atoms with Crippen molar-refractivity contribution in [3.8, 4) is 0 Å². The third-order valence-corrected chi connectivity index (χ3v) is 1.55. The summed E-state index contributed by atoms with van der Waals surface area (Å²) in [6.45, 7) is 4.63. The highest BCUT2D eigenvalue weighted by atomic mass is 16.5. The molecular weight excluding hydrogens is 142 g/mol. The van der Waals surface area contributed by atoms with Crippen molar-refractivity contribution in [1.29, 1.82) is 0 Å². The summed E-state index contributed by atoms with van der Waals surface area (Å²) < 4.78 is 5.30. The summed E-state index contributed by atoms with van der Waals surface area (Å²) in [7, 11) is 1.64. The number of ether oxygens (including phenoxy) is 1. The number of hydrogen-bond donors (Lipinski definition) is 1. The Morgan fingerprint density at radius 1 is 1.55 bits per heavy atom. The molecule has 3 heteroatoms. The first-order valence-corrected chi connectivity index (χ1v) is 4.06. The summed E-state index contributed by atoms with van der Waals surface area (Å²) in [4.78, 5) is 10.9. The first-order valence-electron chi connectivity index (χ1n) is 4.06. The second-order valence-corrected chi connectivity index (χ2v) is 2.36. The van der Waals surface area contributed by atoms with Crippen LogP contribution in [-0.4, -0.2) is 25.7 Å². The zero-order chi connectivity index (χ0) is 8.69. The van der Waals surface area contributed by atoms with E-state index in [-0.39, 0.29) is 12.0 Å². The van der Waals surface area contributed by atoms with Gasteiger partial charge in [-0.3, -0.25) is 4.79 Å². The first kappa shape index (κ1) is 10.4. The molecule has 3 nitrogen and oxygen atoms in total.